The highest BCUT2D eigenvalue weighted by Crippen LogP contribution is 2.32. The van der Waals surface area contributed by atoms with E-state index >= 15 is 0 Å². The molecule has 0 unspecified atom stereocenters. The molecule has 0 N–H and O–H groups in total. The number of hydrogen-bond donors (Lipinski definition) is 0. The van der Waals surface area contributed by atoms with Crippen LogP contribution in [0.3, 0.4) is 0 Å². The minimum absolute atomic E-state index is 0.155. The van der Waals surface area contributed by atoms with Gasteiger partial charge in [0.1, 0.15) is 0 Å². The molecule has 0 saturated heterocycles. The first-order chi connectivity index (χ1) is 13.6. The number of benzene rings is 4. The van der Waals surface area contributed by atoms with E-state index in [2.05, 4.69) is 114 Å². The van der Waals surface area contributed by atoms with Crippen molar-refractivity contribution in [3.05, 3.63) is 95.1 Å². The van der Waals surface area contributed by atoms with Gasteiger partial charge in [0.2, 0.25) is 0 Å². The summed E-state index contributed by atoms with van der Waals surface area (Å²) in [6.07, 6.45) is 0.954. The molecule has 0 radical (unpaired) electrons. The Morgan fingerprint density at radius 3 is 1.31 bits per heavy atom. The molecule has 0 heteroatoms. The summed E-state index contributed by atoms with van der Waals surface area (Å²) in [5, 5.41) is 5.41. The smallest absolute Gasteiger partial charge is 0.00135 e. The van der Waals surface area contributed by atoms with Gasteiger partial charge < -0.3 is 0 Å². The van der Waals surface area contributed by atoms with Crippen molar-refractivity contribution in [1.82, 2.24) is 0 Å². The summed E-state index contributed by atoms with van der Waals surface area (Å²) in [5.41, 5.74) is 5.91. The van der Waals surface area contributed by atoms with Crippen molar-refractivity contribution in [2.24, 2.45) is 0 Å². The fourth-order valence-electron chi connectivity index (χ4n) is 4.12. The minimum atomic E-state index is 0.155. The summed E-state index contributed by atoms with van der Waals surface area (Å²) in [5.74, 6) is 0. The molecule has 4 aromatic rings. The third kappa shape index (κ3) is 3.94. The molecule has 4 aromatic carbocycles. The quantitative estimate of drug-likeness (QED) is 0.329. The van der Waals surface area contributed by atoms with Gasteiger partial charge in [-0.2, -0.15) is 0 Å². The lowest BCUT2D eigenvalue weighted by atomic mass is 9.84. The third-order valence-electron chi connectivity index (χ3n) is 6.06. The minimum Gasteiger partial charge on any atom is -0.0613 e. The van der Waals surface area contributed by atoms with Crippen molar-refractivity contribution in [2.45, 2.75) is 58.8 Å². The van der Waals surface area contributed by atoms with E-state index in [0.29, 0.717) is 0 Å². The zero-order chi connectivity index (χ0) is 20.8. The van der Waals surface area contributed by atoms with Crippen molar-refractivity contribution in [3.8, 4) is 0 Å². The average Bonchev–Trinajstić information content (AvgIpc) is 2.66. The van der Waals surface area contributed by atoms with Crippen LogP contribution >= 0.6 is 0 Å². The van der Waals surface area contributed by atoms with E-state index in [-0.39, 0.29) is 10.8 Å². The SMILES string of the molecule is CC(C)(C)c1ccc2cccc(Cc3cccc4ccc(C(C)(C)C)cc34)c2c1. The van der Waals surface area contributed by atoms with Crippen LogP contribution in [-0.2, 0) is 17.3 Å². The molecule has 0 nitrogen and oxygen atoms in total. The molecular weight excluding hydrogens is 348 g/mol. The Labute approximate surface area is 175 Å². The van der Waals surface area contributed by atoms with E-state index in [4.69, 9.17) is 0 Å². The van der Waals surface area contributed by atoms with E-state index in [1.54, 1.807) is 0 Å². The highest BCUT2D eigenvalue weighted by Gasteiger charge is 2.16. The molecule has 0 spiro atoms. The van der Waals surface area contributed by atoms with Gasteiger partial charge >= 0.3 is 0 Å². The maximum absolute atomic E-state index is 2.40. The van der Waals surface area contributed by atoms with Gasteiger partial charge in [0.05, 0.1) is 0 Å². The normalized spacial score (nSPS) is 12.6. The molecule has 148 valence electrons. The fraction of sp³-hybridized carbons (Fsp3) is 0.310. The summed E-state index contributed by atoms with van der Waals surface area (Å²) in [6, 6.07) is 27.3. The van der Waals surface area contributed by atoms with Crippen molar-refractivity contribution in [2.75, 3.05) is 0 Å². The lowest BCUT2D eigenvalue weighted by Crippen LogP contribution is -2.11. The highest BCUT2D eigenvalue weighted by molar-refractivity contribution is 5.90. The summed E-state index contributed by atoms with van der Waals surface area (Å²) in [7, 11) is 0. The van der Waals surface area contributed by atoms with Gasteiger partial charge in [-0.25, -0.2) is 0 Å². The number of rotatable bonds is 2. The van der Waals surface area contributed by atoms with Gasteiger partial charge in [-0.15, -0.1) is 0 Å². The summed E-state index contributed by atoms with van der Waals surface area (Å²) in [4.78, 5) is 0. The second-order valence-electron chi connectivity index (χ2n) is 10.4. The van der Waals surface area contributed by atoms with E-state index in [9.17, 15) is 0 Å². The maximum Gasteiger partial charge on any atom is -0.00135 e. The molecule has 0 fully saturated rings. The fourth-order valence-corrected chi connectivity index (χ4v) is 4.12. The molecule has 0 aromatic heterocycles. The maximum atomic E-state index is 2.40. The largest absolute Gasteiger partial charge is 0.0613 e. The summed E-state index contributed by atoms with van der Waals surface area (Å²) in [6.45, 7) is 13.7. The first kappa shape index (κ1) is 19.7. The van der Waals surface area contributed by atoms with Crippen LogP contribution in [0.25, 0.3) is 21.5 Å². The highest BCUT2D eigenvalue weighted by atomic mass is 14.2. The molecule has 0 saturated carbocycles. The molecule has 0 heterocycles. The van der Waals surface area contributed by atoms with Crippen LogP contribution in [0.5, 0.6) is 0 Å². The molecular formula is C29H32. The van der Waals surface area contributed by atoms with E-state index in [1.807, 2.05) is 0 Å². The Bertz CT molecular complexity index is 1090. The Hall–Kier alpha value is -2.60. The topological polar surface area (TPSA) is 0 Å². The van der Waals surface area contributed by atoms with Crippen LogP contribution < -0.4 is 0 Å². The van der Waals surface area contributed by atoms with Crippen LogP contribution in [0.1, 0.15) is 63.8 Å². The van der Waals surface area contributed by atoms with Gasteiger partial charge in [-0.1, -0.05) is 114 Å². The van der Waals surface area contributed by atoms with E-state index in [0.717, 1.165) is 6.42 Å². The molecule has 0 aliphatic heterocycles. The average molecular weight is 381 g/mol. The second-order valence-corrected chi connectivity index (χ2v) is 10.4. The molecule has 0 atom stereocenters. The Balaban J connectivity index is 1.85. The Morgan fingerprint density at radius 1 is 0.517 bits per heavy atom. The predicted molar refractivity (Wildman–Crippen MR) is 128 cm³/mol. The lowest BCUT2D eigenvalue weighted by molar-refractivity contribution is 0.591. The molecule has 29 heavy (non-hydrogen) atoms. The standard InChI is InChI=1S/C29H32/c1-28(2,3)24-15-13-20-9-7-11-22(26(20)18-24)17-23-12-8-10-21-14-16-25(19-27(21)23)29(4,5)6/h7-16,18-19H,17H2,1-6H3. The lowest BCUT2D eigenvalue weighted by Gasteiger charge is -2.21. The predicted octanol–water partition coefficient (Wildman–Crippen LogP) is 8.18. The number of hydrogen-bond acceptors (Lipinski definition) is 0. The van der Waals surface area contributed by atoms with Gasteiger partial charge in [0.25, 0.3) is 0 Å². The van der Waals surface area contributed by atoms with Crippen LogP contribution in [0.15, 0.2) is 72.8 Å². The molecule has 4 rings (SSSR count). The molecule has 0 bridgehead atoms. The Morgan fingerprint density at radius 2 is 0.931 bits per heavy atom. The molecule has 0 amide bonds. The van der Waals surface area contributed by atoms with Crippen molar-refractivity contribution in [3.63, 3.8) is 0 Å². The van der Waals surface area contributed by atoms with Crippen LogP contribution in [0.2, 0.25) is 0 Å². The molecule has 0 aliphatic carbocycles. The monoisotopic (exact) mass is 380 g/mol. The van der Waals surface area contributed by atoms with Gasteiger partial charge in [-0.05, 0) is 61.0 Å². The van der Waals surface area contributed by atoms with Crippen LogP contribution in [-0.4, -0.2) is 0 Å². The van der Waals surface area contributed by atoms with Crippen molar-refractivity contribution in [1.29, 1.82) is 0 Å². The van der Waals surface area contributed by atoms with Gasteiger partial charge in [-0.3, -0.25) is 0 Å². The zero-order valence-corrected chi connectivity index (χ0v) is 18.6. The Kier molecular flexibility index (Phi) is 4.77. The zero-order valence-electron chi connectivity index (χ0n) is 18.6. The van der Waals surface area contributed by atoms with E-state index < -0.39 is 0 Å². The first-order valence-electron chi connectivity index (χ1n) is 10.7. The summed E-state index contributed by atoms with van der Waals surface area (Å²) < 4.78 is 0. The van der Waals surface area contributed by atoms with Crippen molar-refractivity contribution >= 4 is 21.5 Å². The number of fused-ring (bicyclic) bond motifs is 2. The first-order valence-corrected chi connectivity index (χ1v) is 10.7. The van der Waals surface area contributed by atoms with E-state index in [1.165, 1.54) is 43.8 Å². The van der Waals surface area contributed by atoms with Gasteiger partial charge in [0, 0.05) is 0 Å². The van der Waals surface area contributed by atoms with Crippen molar-refractivity contribution < 1.29 is 0 Å². The van der Waals surface area contributed by atoms with Crippen LogP contribution in [0.4, 0.5) is 0 Å². The molecule has 0 aliphatic rings. The van der Waals surface area contributed by atoms with Crippen LogP contribution in [0, 0.1) is 0 Å². The second kappa shape index (κ2) is 7.02. The summed E-state index contributed by atoms with van der Waals surface area (Å²) >= 11 is 0. The van der Waals surface area contributed by atoms with Gasteiger partial charge in [0.15, 0.2) is 0 Å². The third-order valence-corrected chi connectivity index (χ3v) is 6.06.